The van der Waals surface area contributed by atoms with Gasteiger partial charge in [-0.05, 0) is 99.4 Å². The van der Waals surface area contributed by atoms with E-state index < -0.39 is 0 Å². The number of amides is 1. The summed E-state index contributed by atoms with van der Waals surface area (Å²) < 4.78 is 6.05. The van der Waals surface area contributed by atoms with Crippen molar-refractivity contribution < 1.29 is 9.53 Å². The fraction of sp³-hybridized carbons (Fsp3) is 0.321. The van der Waals surface area contributed by atoms with Gasteiger partial charge in [0.15, 0.2) is 0 Å². The Morgan fingerprint density at radius 2 is 1.62 bits per heavy atom. The second-order valence-electron chi connectivity index (χ2n) is 9.60. The number of halogens is 2. The maximum atomic E-state index is 13.0. The van der Waals surface area contributed by atoms with E-state index in [2.05, 4.69) is 30.1 Å². The van der Waals surface area contributed by atoms with E-state index in [0.717, 1.165) is 55.1 Å². The van der Waals surface area contributed by atoms with Crippen molar-refractivity contribution in [1.82, 2.24) is 4.90 Å². The zero-order chi connectivity index (χ0) is 23.9. The molecule has 1 N–H and O–H groups in total. The van der Waals surface area contributed by atoms with Gasteiger partial charge in [0.25, 0.3) is 5.91 Å². The Balaban J connectivity index is 1.31. The number of nitrogens with zero attached hydrogens (tertiary/aromatic N) is 1. The van der Waals surface area contributed by atoms with Crippen molar-refractivity contribution in [1.29, 1.82) is 0 Å². The van der Waals surface area contributed by atoms with Crippen molar-refractivity contribution in [2.75, 3.05) is 25.0 Å². The molecule has 1 amide bonds. The molecule has 0 saturated carbocycles. The van der Waals surface area contributed by atoms with E-state index in [1.54, 1.807) is 6.07 Å². The molecule has 0 aromatic heterocycles. The Morgan fingerprint density at radius 1 is 0.941 bits per heavy atom. The molecular formula is C28H28Cl2N2O2. The van der Waals surface area contributed by atoms with Crippen LogP contribution in [0.5, 0.6) is 5.75 Å². The molecule has 2 heterocycles. The number of likely N-dealkylation sites (tertiary alicyclic amines) is 1. The number of fused-ring (bicyclic) bond motifs is 2. The highest BCUT2D eigenvalue weighted by Gasteiger charge is 2.43. The number of rotatable bonds is 4. The zero-order valence-corrected chi connectivity index (χ0v) is 20.9. The molecular weight excluding hydrogens is 467 g/mol. The van der Waals surface area contributed by atoms with Gasteiger partial charge in [-0.3, -0.25) is 4.79 Å². The number of carbonyl (C=O) groups is 1. The van der Waals surface area contributed by atoms with Gasteiger partial charge in [0.2, 0.25) is 0 Å². The van der Waals surface area contributed by atoms with Gasteiger partial charge in [-0.15, -0.1) is 0 Å². The van der Waals surface area contributed by atoms with Gasteiger partial charge in [-0.25, -0.2) is 0 Å². The van der Waals surface area contributed by atoms with E-state index in [1.807, 2.05) is 48.5 Å². The first-order chi connectivity index (χ1) is 16.3. The molecule has 3 aromatic carbocycles. The minimum atomic E-state index is -0.141. The molecule has 0 atom stereocenters. The highest BCUT2D eigenvalue weighted by atomic mass is 35.5. The molecule has 2 aliphatic rings. The summed E-state index contributed by atoms with van der Waals surface area (Å²) in [5, 5.41) is 4.23. The molecule has 6 heteroatoms. The summed E-state index contributed by atoms with van der Waals surface area (Å²) in [6.45, 7) is 7.37. The summed E-state index contributed by atoms with van der Waals surface area (Å²) in [7, 11) is 0. The fourth-order valence-electron chi connectivity index (χ4n) is 5.06. The molecule has 0 aliphatic carbocycles. The third-order valence-electron chi connectivity index (χ3n) is 7.14. The second kappa shape index (κ2) is 9.26. The van der Waals surface area contributed by atoms with E-state index in [9.17, 15) is 4.79 Å². The molecule has 0 unspecified atom stereocenters. The topological polar surface area (TPSA) is 41.6 Å². The predicted octanol–water partition coefficient (Wildman–Crippen LogP) is 7.05. The van der Waals surface area contributed by atoms with E-state index in [4.69, 9.17) is 27.9 Å². The smallest absolute Gasteiger partial charge is 0.255 e. The van der Waals surface area contributed by atoms with Crippen molar-refractivity contribution in [2.24, 2.45) is 0 Å². The molecule has 34 heavy (non-hydrogen) atoms. The van der Waals surface area contributed by atoms with E-state index in [0.29, 0.717) is 21.7 Å². The van der Waals surface area contributed by atoms with Crippen molar-refractivity contribution in [2.45, 2.75) is 38.1 Å². The molecule has 1 fully saturated rings. The van der Waals surface area contributed by atoms with Crippen LogP contribution < -0.4 is 10.1 Å². The monoisotopic (exact) mass is 494 g/mol. The van der Waals surface area contributed by atoms with Crippen LogP contribution in [0.2, 0.25) is 10.0 Å². The van der Waals surface area contributed by atoms with Crippen LogP contribution >= 0.6 is 23.2 Å². The molecule has 1 spiro atoms. The van der Waals surface area contributed by atoms with Gasteiger partial charge in [-0.1, -0.05) is 35.3 Å². The van der Waals surface area contributed by atoms with Gasteiger partial charge in [0.1, 0.15) is 5.75 Å². The van der Waals surface area contributed by atoms with Crippen molar-refractivity contribution in [3.8, 4) is 16.9 Å². The first-order valence-electron chi connectivity index (χ1n) is 11.7. The van der Waals surface area contributed by atoms with E-state index >= 15 is 0 Å². The van der Waals surface area contributed by atoms with Crippen LogP contribution in [-0.2, 0) is 5.41 Å². The molecule has 1 saturated heterocycles. The minimum absolute atomic E-state index is 0.0430. The molecule has 3 aromatic rings. The third-order valence-corrected chi connectivity index (χ3v) is 7.58. The van der Waals surface area contributed by atoms with Crippen LogP contribution in [0.3, 0.4) is 0 Å². The number of anilines is 1. The summed E-state index contributed by atoms with van der Waals surface area (Å²) in [6.07, 6.45) is 2.15. The van der Waals surface area contributed by atoms with Crippen LogP contribution in [0.1, 0.15) is 42.6 Å². The number of piperidine rings is 1. The minimum Gasteiger partial charge on any atom is -0.492 e. The third kappa shape index (κ3) is 4.55. The second-order valence-corrected chi connectivity index (χ2v) is 10.5. The van der Waals surface area contributed by atoms with Gasteiger partial charge >= 0.3 is 0 Å². The van der Waals surface area contributed by atoms with Crippen LogP contribution in [-0.4, -0.2) is 36.5 Å². The van der Waals surface area contributed by atoms with E-state index in [1.165, 1.54) is 5.56 Å². The Labute approximate surface area is 210 Å². The zero-order valence-electron chi connectivity index (χ0n) is 19.4. The number of carbonyl (C=O) groups excluding carboxylic acids is 1. The quantitative estimate of drug-likeness (QED) is 0.422. The van der Waals surface area contributed by atoms with Gasteiger partial charge in [0.05, 0.1) is 6.61 Å². The molecule has 2 aliphatic heterocycles. The van der Waals surface area contributed by atoms with Gasteiger partial charge in [0, 0.05) is 38.3 Å². The molecule has 5 rings (SSSR count). The van der Waals surface area contributed by atoms with Crippen LogP contribution in [0.25, 0.3) is 11.1 Å². The largest absolute Gasteiger partial charge is 0.492 e. The average Bonchev–Trinajstić information content (AvgIpc) is 3.16. The highest BCUT2D eigenvalue weighted by molar-refractivity contribution is 6.35. The Bertz CT molecular complexity index is 1200. The number of benzene rings is 3. The van der Waals surface area contributed by atoms with Crippen LogP contribution in [0.15, 0.2) is 60.7 Å². The number of ether oxygens (including phenoxy) is 1. The number of hydrogen-bond donors (Lipinski definition) is 1. The summed E-state index contributed by atoms with van der Waals surface area (Å²) in [4.78, 5) is 15.5. The molecule has 0 bridgehead atoms. The lowest BCUT2D eigenvalue weighted by Gasteiger charge is -2.40. The lowest BCUT2D eigenvalue weighted by atomic mass is 9.74. The number of hydrogen-bond acceptors (Lipinski definition) is 3. The first-order valence-corrected chi connectivity index (χ1v) is 12.5. The van der Waals surface area contributed by atoms with Gasteiger partial charge in [-0.2, -0.15) is 0 Å². The van der Waals surface area contributed by atoms with E-state index in [-0.39, 0.29) is 11.3 Å². The lowest BCUT2D eigenvalue weighted by molar-refractivity contribution is 0.102. The predicted molar refractivity (Wildman–Crippen MR) is 139 cm³/mol. The molecule has 4 nitrogen and oxygen atoms in total. The maximum absolute atomic E-state index is 13.0. The Kier molecular flexibility index (Phi) is 6.32. The maximum Gasteiger partial charge on any atom is 0.255 e. The Morgan fingerprint density at radius 3 is 2.26 bits per heavy atom. The van der Waals surface area contributed by atoms with Crippen LogP contribution in [0, 0.1) is 0 Å². The molecule has 0 radical (unpaired) electrons. The normalized spacial score (nSPS) is 17.0. The Hall–Kier alpha value is -2.53. The summed E-state index contributed by atoms with van der Waals surface area (Å²) in [5.41, 5.74) is 4.52. The lowest BCUT2D eigenvalue weighted by Crippen LogP contribution is -2.46. The molecule has 176 valence electrons. The first kappa shape index (κ1) is 23.2. The van der Waals surface area contributed by atoms with Gasteiger partial charge < -0.3 is 15.0 Å². The number of nitrogens with one attached hydrogen (secondary N) is 1. The average molecular weight is 495 g/mol. The fourth-order valence-corrected chi connectivity index (χ4v) is 5.59. The summed E-state index contributed by atoms with van der Waals surface area (Å²) in [5.74, 6) is 0.804. The van der Waals surface area contributed by atoms with Crippen LogP contribution in [0.4, 0.5) is 5.69 Å². The SMILES string of the molecule is CC(C)N1CCC2(CC1)COc1ccc(NC(=O)c3ccc(-c4cc(Cl)cc(Cl)c4)cc3)cc12. The summed E-state index contributed by atoms with van der Waals surface area (Å²) in [6, 6.07) is 19.4. The van der Waals surface area contributed by atoms with Crippen molar-refractivity contribution in [3.63, 3.8) is 0 Å². The summed E-state index contributed by atoms with van der Waals surface area (Å²) >= 11 is 12.3. The van der Waals surface area contributed by atoms with Crippen molar-refractivity contribution in [3.05, 3.63) is 81.8 Å². The van der Waals surface area contributed by atoms with Crippen molar-refractivity contribution >= 4 is 34.8 Å². The standard InChI is InChI=1S/C28H28Cl2N2O2/c1-18(2)32-11-9-28(10-12-32)17-34-26-8-7-24(16-25(26)28)31-27(33)20-5-3-19(4-6-20)21-13-22(29)15-23(30)14-21/h3-8,13-16,18H,9-12,17H2,1-2H3,(H,31,33). The highest BCUT2D eigenvalue weighted by Crippen LogP contribution is 2.46.